The maximum atomic E-state index is 13.1. The van der Waals surface area contributed by atoms with E-state index in [1.165, 1.54) is 7.11 Å². The Kier molecular flexibility index (Phi) is 6.39. The van der Waals surface area contributed by atoms with Crippen LogP contribution in [-0.4, -0.2) is 41.9 Å². The van der Waals surface area contributed by atoms with Crippen molar-refractivity contribution in [3.05, 3.63) is 47.8 Å². The van der Waals surface area contributed by atoms with E-state index in [1.807, 2.05) is 19.2 Å². The number of rotatable bonds is 4. The van der Waals surface area contributed by atoms with Gasteiger partial charge in [-0.2, -0.15) is 5.10 Å². The smallest absolute Gasteiger partial charge is 0.338 e. The van der Waals surface area contributed by atoms with Gasteiger partial charge in [0.2, 0.25) is 0 Å². The molecule has 8 heteroatoms. The number of aromatic nitrogens is 2. The van der Waals surface area contributed by atoms with Gasteiger partial charge in [0.05, 0.1) is 12.7 Å². The van der Waals surface area contributed by atoms with Crippen LogP contribution in [0.5, 0.6) is 0 Å². The standard InChI is InChI=1S/C18H22N4O3.ClH/c1-13-12-14(4-5-15(13)16(23)25-2)21-17(24)18(6-9-19-10-7-18)22-11-3-8-20-22;/h3-5,8,11-12,19H,6-7,9-10H2,1-2H3,(H,21,24);1H. The van der Waals surface area contributed by atoms with Gasteiger partial charge in [0.25, 0.3) is 5.91 Å². The second kappa shape index (κ2) is 8.33. The molecule has 140 valence electrons. The van der Waals surface area contributed by atoms with Crippen LogP contribution in [0.4, 0.5) is 5.69 Å². The monoisotopic (exact) mass is 378 g/mol. The molecule has 2 aromatic rings. The zero-order chi connectivity index (χ0) is 17.9. The Balaban J connectivity index is 0.00000243. The summed E-state index contributed by atoms with van der Waals surface area (Å²) in [5, 5.41) is 10.6. The van der Waals surface area contributed by atoms with Gasteiger partial charge in [-0.05, 0) is 62.7 Å². The van der Waals surface area contributed by atoms with E-state index in [0.717, 1.165) is 18.7 Å². The lowest BCUT2D eigenvalue weighted by atomic mass is 9.87. The molecule has 1 amide bonds. The summed E-state index contributed by atoms with van der Waals surface area (Å²) in [5.74, 6) is -0.482. The van der Waals surface area contributed by atoms with Gasteiger partial charge < -0.3 is 15.4 Å². The Bertz CT molecular complexity index is 771. The average Bonchev–Trinajstić information content (AvgIpc) is 3.17. The van der Waals surface area contributed by atoms with Gasteiger partial charge in [-0.25, -0.2) is 4.79 Å². The lowest BCUT2D eigenvalue weighted by Gasteiger charge is -2.36. The zero-order valence-electron chi connectivity index (χ0n) is 14.8. The molecule has 2 heterocycles. The average molecular weight is 379 g/mol. The van der Waals surface area contributed by atoms with Crippen molar-refractivity contribution in [2.75, 3.05) is 25.5 Å². The van der Waals surface area contributed by atoms with Crippen molar-refractivity contribution in [2.45, 2.75) is 25.3 Å². The second-order valence-electron chi connectivity index (χ2n) is 6.21. The van der Waals surface area contributed by atoms with E-state index >= 15 is 0 Å². The van der Waals surface area contributed by atoms with E-state index < -0.39 is 5.54 Å². The third-order valence-corrected chi connectivity index (χ3v) is 4.69. The quantitative estimate of drug-likeness (QED) is 0.796. The first-order chi connectivity index (χ1) is 12.1. The fraction of sp³-hybridized carbons (Fsp3) is 0.389. The summed E-state index contributed by atoms with van der Waals surface area (Å²) in [5.41, 5.74) is 1.19. The van der Waals surface area contributed by atoms with E-state index in [1.54, 1.807) is 29.1 Å². The van der Waals surface area contributed by atoms with Crippen molar-refractivity contribution in [3.63, 3.8) is 0 Å². The van der Waals surface area contributed by atoms with Gasteiger partial charge in [-0.1, -0.05) is 0 Å². The van der Waals surface area contributed by atoms with Crippen LogP contribution in [-0.2, 0) is 15.1 Å². The van der Waals surface area contributed by atoms with Gasteiger partial charge in [0.15, 0.2) is 0 Å². The van der Waals surface area contributed by atoms with Gasteiger partial charge >= 0.3 is 5.97 Å². The first-order valence-corrected chi connectivity index (χ1v) is 8.28. The van der Waals surface area contributed by atoms with Gasteiger partial charge in [-0.3, -0.25) is 9.48 Å². The second-order valence-corrected chi connectivity index (χ2v) is 6.21. The van der Waals surface area contributed by atoms with Crippen LogP contribution in [0.25, 0.3) is 0 Å². The summed E-state index contributed by atoms with van der Waals surface area (Å²) in [6, 6.07) is 6.99. The highest BCUT2D eigenvalue weighted by Gasteiger charge is 2.42. The maximum absolute atomic E-state index is 13.1. The topological polar surface area (TPSA) is 85.2 Å². The summed E-state index contributed by atoms with van der Waals surface area (Å²) in [6.07, 6.45) is 4.85. The predicted molar refractivity (Wildman–Crippen MR) is 101 cm³/mol. The van der Waals surface area contributed by atoms with Crippen molar-refractivity contribution < 1.29 is 14.3 Å². The molecule has 1 saturated heterocycles. The number of aryl methyl sites for hydroxylation is 1. The number of piperidine rings is 1. The Morgan fingerprint density at radius 1 is 1.31 bits per heavy atom. The highest BCUT2D eigenvalue weighted by Crippen LogP contribution is 2.29. The lowest BCUT2D eigenvalue weighted by Crippen LogP contribution is -2.52. The van der Waals surface area contributed by atoms with Crippen LogP contribution >= 0.6 is 12.4 Å². The fourth-order valence-corrected chi connectivity index (χ4v) is 3.25. The number of amides is 1. The number of halogens is 1. The molecule has 0 spiro atoms. The molecule has 26 heavy (non-hydrogen) atoms. The number of anilines is 1. The van der Waals surface area contributed by atoms with Crippen LogP contribution in [0.2, 0.25) is 0 Å². The Morgan fingerprint density at radius 2 is 2.04 bits per heavy atom. The molecule has 0 radical (unpaired) electrons. The number of nitrogens with one attached hydrogen (secondary N) is 2. The minimum atomic E-state index is -0.705. The number of methoxy groups -OCH3 is 1. The molecule has 1 aromatic heterocycles. The molecule has 1 aliphatic rings. The summed E-state index contributed by atoms with van der Waals surface area (Å²) in [7, 11) is 1.35. The molecule has 2 N–H and O–H groups in total. The molecule has 1 aliphatic heterocycles. The van der Waals surface area contributed by atoms with E-state index in [-0.39, 0.29) is 24.3 Å². The molecular formula is C18H23ClN4O3. The maximum Gasteiger partial charge on any atom is 0.338 e. The molecule has 1 fully saturated rings. The largest absolute Gasteiger partial charge is 0.465 e. The van der Waals surface area contributed by atoms with Crippen molar-refractivity contribution in [3.8, 4) is 0 Å². The van der Waals surface area contributed by atoms with Crippen molar-refractivity contribution in [2.24, 2.45) is 0 Å². The highest BCUT2D eigenvalue weighted by molar-refractivity contribution is 5.98. The number of benzene rings is 1. The zero-order valence-corrected chi connectivity index (χ0v) is 15.6. The molecule has 0 saturated carbocycles. The van der Waals surface area contributed by atoms with Crippen LogP contribution in [0.15, 0.2) is 36.7 Å². The SMILES string of the molecule is COC(=O)c1ccc(NC(=O)C2(n3cccn3)CCNCC2)cc1C.Cl. The molecule has 0 atom stereocenters. The van der Waals surface area contributed by atoms with Gasteiger partial charge in [0, 0.05) is 18.1 Å². The Labute approximate surface area is 158 Å². The number of carbonyl (C=O) groups excluding carboxylic acids is 2. The number of nitrogens with zero attached hydrogens (tertiary/aromatic N) is 2. The molecule has 1 aromatic carbocycles. The van der Waals surface area contributed by atoms with Gasteiger partial charge in [0.1, 0.15) is 5.54 Å². The Hall–Kier alpha value is -2.38. The van der Waals surface area contributed by atoms with Crippen LogP contribution in [0.1, 0.15) is 28.8 Å². The van der Waals surface area contributed by atoms with Crippen LogP contribution in [0.3, 0.4) is 0 Å². The number of hydrogen-bond acceptors (Lipinski definition) is 5. The molecule has 3 rings (SSSR count). The first kappa shape index (κ1) is 19.9. The third-order valence-electron chi connectivity index (χ3n) is 4.69. The lowest BCUT2D eigenvalue weighted by molar-refractivity contribution is -0.126. The molecule has 0 unspecified atom stereocenters. The molecule has 0 bridgehead atoms. The van der Waals surface area contributed by atoms with Crippen LogP contribution < -0.4 is 10.6 Å². The number of hydrogen-bond donors (Lipinski definition) is 2. The fourth-order valence-electron chi connectivity index (χ4n) is 3.25. The van der Waals surface area contributed by atoms with E-state index in [9.17, 15) is 9.59 Å². The van der Waals surface area contributed by atoms with Crippen LogP contribution in [0, 0.1) is 6.92 Å². The predicted octanol–water partition coefficient (Wildman–Crippen LogP) is 2.12. The summed E-state index contributed by atoms with van der Waals surface area (Å²) >= 11 is 0. The third kappa shape index (κ3) is 3.73. The van der Waals surface area contributed by atoms with E-state index in [4.69, 9.17) is 4.74 Å². The van der Waals surface area contributed by atoms with Gasteiger partial charge in [-0.15, -0.1) is 12.4 Å². The summed E-state index contributed by atoms with van der Waals surface area (Å²) < 4.78 is 6.50. The van der Waals surface area contributed by atoms with E-state index in [2.05, 4.69) is 15.7 Å². The summed E-state index contributed by atoms with van der Waals surface area (Å²) in [4.78, 5) is 24.8. The Morgan fingerprint density at radius 3 is 2.62 bits per heavy atom. The minimum absolute atomic E-state index is 0. The first-order valence-electron chi connectivity index (χ1n) is 8.28. The summed E-state index contributed by atoms with van der Waals surface area (Å²) in [6.45, 7) is 3.33. The normalized spacial score (nSPS) is 15.6. The van der Waals surface area contributed by atoms with E-state index in [0.29, 0.717) is 24.1 Å². The molecule has 7 nitrogen and oxygen atoms in total. The molecule has 0 aliphatic carbocycles. The highest BCUT2D eigenvalue weighted by atomic mass is 35.5. The number of ether oxygens (including phenoxy) is 1. The van der Waals surface area contributed by atoms with Crippen molar-refractivity contribution in [1.29, 1.82) is 0 Å². The van der Waals surface area contributed by atoms with Crippen molar-refractivity contribution in [1.82, 2.24) is 15.1 Å². The van der Waals surface area contributed by atoms with Crippen molar-refractivity contribution >= 4 is 30.0 Å². The minimum Gasteiger partial charge on any atom is -0.465 e. The number of carbonyl (C=O) groups is 2. The number of esters is 1. The molecular weight excluding hydrogens is 356 g/mol.